The van der Waals surface area contributed by atoms with E-state index in [0.29, 0.717) is 25.4 Å². The predicted molar refractivity (Wildman–Crippen MR) is 78.8 cm³/mol. The summed E-state index contributed by atoms with van der Waals surface area (Å²) in [6.45, 7) is 1.56. The molecule has 7 heteroatoms. The Morgan fingerprint density at radius 3 is 3.00 bits per heavy atom. The first kappa shape index (κ1) is 16.1. The second-order valence-electron chi connectivity index (χ2n) is 5.33. The minimum absolute atomic E-state index is 0.0905. The molecule has 1 aromatic rings. The molecule has 2 rings (SSSR count). The lowest BCUT2D eigenvalue weighted by molar-refractivity contribution is -0.132. The number of halogens is 1. The zero-order valence-electron chi connectivity index (χ0n) is 12.3. The fraction of sp³-hybridized carbons (Fsp3) is 0.467. The normalized spacial score (nSPS) is 17.9. The van der Waals surface area contributed by atoms with Gasteiger partial charge in [-0.3, -0.25) is 4.79 Å². The standard InChI is InChI=1S/C15H20FN3O3/c16-12-4-1-5-13(7-12)22-10-11-3-2-6-19(9-11)14(20)8-18-15(17)21/h1,4-5,7,11H,2-3,6,8-10H2,(H3,17,18,21). The highest BCUT2D eigenvalue weighted by Gasteiger charge is 2.24. The van der Waals surface area contributed by atoms with Crippen molar-refractivity contribution in [2.45, 2.75) is 12.8 Å². The molecule has 120 valence electrons. The number of carbonyl (C=O) groups excluding carboxylic acids is 2. The van der Waals surface area contributed by atoms with E-state index in [1.807, 2.05) is 0 Å². The maximum Gasteiger partial charge on any atom is 0.312 e. The molecule has 0 radical (unpaired) electrons. The molecule has 6 nitrogen and oxygen atoms in total. The maximum absolute atomic E-state index is 13.1. The van der Waals surface area contributed by atoms with E-state index in [1.54, 1.807) is 17.0 Å². The van der Waals surface area contributed by atoms with Gasteiger partial charge in [-0.05, 0) is 25.0 Å². The quantitative estimate of drug-likeness (QED) is 0.854. The van der Waals surface area contributed by atoms with Crippen molar-refractivity contribution < 1.29 is 18.7 Å². The first-order valence-electron chi connectivity index (χ1n) is 7.24. The van der Waals surface area contributed by atoms with Gasteiger partial charge in [0.1, 0.15) is 11.6 Å². The smallest absolute Gasteiger partial charge is 0.312 e. The number of benzene rings is 1. The summed E-state index contributed by atoms with van der Waals surface area (Å²) in [6, 6.07) is 5.28. The van der Waals surface area contributed by atoms with Gasteiger partial charge in [-0.2, -0.15) is 0 Å². The highest BCUT2D eigenvalue weighted by Crippen LogP contribution is 2.19. The van der Waals surface area contributed by atoms with E-state index in [1.165, 1.54) is 12.1 Å². The molecule has 3 N–H and O–H groups in total. The summed E-state index contributed by atoms with van der Waals surface area (Å²) in [4.78, 5) is 24.3. The summed E-state index contributed by atoms with van der Waals surface area (Å²) in [6.07, 6.45) is 1.82. The van der Waals surface area contributed by atoms with E-state index in [9.17, 15) is 14.0 Å². The highest BCUT2D eigenvalue weighted by molar-refractivity contribution is 5.83. The summed E-state index contributed by atoms with van der Waals surface area (Å²) < 4.78 is 18.7. The average molecular weight is 309 g/mol. The zero-order chi connectivity index (χ0) is 15.9. The molecule has 1 unspecified atom stereocenters. The lowest BCUT2D eigenvalue weighted by Crippen LogP contribution is -2.46. The number of nitrogens with two attached hydrogens (primary N) is 1. The van der Waals surface area contributed by atoms with Gasteiger partial charge in [-0.25, -0.2) is 9.18 Å². The number of nitrogens with one attached hydrogen (secondary N) is 1. The Kier molecular flexibility index (Phi) is 5.57. The van der Waals surface area contributed by atoms with Crippen LogP contribution in [0.4, 0.5) is 9.18 Å². The Hall–Kier alpha value is -2.31. The number of carbonyl (C=O) groups is 2. The molecule has 0 saturated carbocycles. The fourth-order valence-corrected chi connectivity index (χ4v) is 2.47. The van der Waals surface area contributed by atoms with E-state index >= 15 is 0 Å². The van der Waals surface area contributed by atoms with E-state index < -0.39 is 6.03 Å². The third-order valence-corrected chi connectivity index (χ3v) is 3.57. The number of primary amides is 1. The van der Waals surface area contributed by atoms with Crippen molar-refractivity contribution in [3.8, 4) is 5.75 Å². The SMILES string of the molecule is NC(=O)NCC(=O)N1CCCC(COc2cccc(F)c2)C1. The number of rotatable bonds is 5. The van der Waals surface area contributed by atoms with Gasteiger partial charge in [0.25, 0.3) is 0 Å². The Morgan fingerprint density at radius 2 is 2.27 bits per heavy atom. The summed E-state index contributed by atoms with van der Waals surface area (Å²) in [5.74, 6) is 0.179. The van der Waals surface area contributed by atoms with Gasteiger partial charge in [-0.15, -0.1) is 0 Å². The van der Waals surface area contributed by atoms with Crippen molar-refractivity contribution in [2.24, 2.45) is 11.7 Å². The van der Waals surface area contributed by atoms with Gasteiger partial charge in [0.05, 0.1) is 13.2 Å². The number of amides is 3. The molecule has 0 aromatic heterocycles. The molecule has 1 fully saturated rings. The largest absolute Gasteiger partial charge is 0.493 e. The van der Waals surface area contributed by atoms with Crippen LogP contribution in [0.25, 0.3) is 0 Å². The molecule has 3 amide bonds. The number of hydrogen-bond acceptors (Lipinski definition) is 3. The Balaban J connectivity index is 1.80. The number of nitrogens with zero attached hydrogens (tertiary/aromatic N) is 1. The van der Waals surface area contributed by atoms with Crippen LogP contribution < -0.4 is 15.8 Å². The Labute approximate surface area is 128 Å². The number of likely N-dealkylation sites (tertiary alicyclic amines) is 1. The fourth-order valence-electron chi connectivity index (χ4n) is 2.47. The molecular formula is C15H20FN3O3. The van der Waals surface area contributed by atoms with Crippen LogP contribution in [0.3, 0.4) is 0 Å². The van der Waals surface area contributed by atoms with Gasteiger partial charge < -0.3 is 20.7 Å². The molecular weight excluding hydrogens is 289 g/mol. The maximum atomic E-state index is 13.1. The van der Waals surface area contributed by atoms with Crippen LogP contribution in [-0.4, -0.2) is 43.1 Å². The highest BCUT2D eigenvalue weighted by atomic mass is 19.1. The van der Waals surface area contributed by atoms with E-state index in [4.69, 9.17) is 10.5 Å². The molecule has 1 aliphatic rings. The van der Waals surface area contributed by atoms with Crippen molar-refractivity contribution in [1.29, 1.82) is 0 Å². The van der Waals surface area contributed by atoms with Crippen LogP contribution in [-0.2, 0) is 4.79 Å². The minimum atomic E-state index is -0.712. The molecule has 1 aliphatic heterocycles. The number of ether oxygens (including phenoxy) is 1. The van der Waals surface area contributed by atoms with Gasteiger partial charge in [0, 0.05) is 25.1 Å². The molecule has 22 heavy (non-hydrogen) atoms. The van der Waals surface area contributed by atoms with Crippen LogP contribution in [0, 0.1) is 11.7 Å². The van der Waals surface area contributed by atoms with Crippen LogP contribution in [0.5, 0.6) is 5.75 Å². The minimum Gasteiger partial charge on any atom is -0.493 e. The summed E-state index contributed by atoms with van der Waals surface area (Å²) in [5.41, 5.74) is 4.95. The third kappa shape index (κ3) is 4.91. The van der Waals surface area contributed by atoms with Crippen LogP contribution in [0.2, 0.25) is 0 Å². The summed E-state index contributed by atoms with van der Waals surface area (Å²) >= 11 is 0. The Bertz CT molecular complexity index is 539. The number of urea groups is 1. The van der Waals surface area contributed by atoms with E-state index in [-0.39, 0.29) is 24.2 Å². The molecule has 0 spiro atoms. The third-order valence-electron chi connectivity index (χ3n) is 3.57. The van der Waals surface area contributed by atoms with E-state index in [2.05, 4.69) is 5.32 Å². The van der Waals surface area contributed by atoms with Gasteiger partial charge in [0.15, 0.2) is 0 Å². The van der Waals surface area contributed by atoms with Crippen molar-refractivity contribution >= 4 is 11.9 Å². The number of hydrogen-bond donors (Lipinski definition) is 2. The molecule has 1 aromatic carbocycles. The second-order valence-corrected chi connectivity index (χ2v) is 5.33. The average Bonchev–Trinajstić information content (AvgIpc) is 2.51. The monoisotopic (exact) mass is 309 g/mol. The molecule has 1 saturated heterocycles. The number of piperidine rings is 1. The van der Waals surface area contributed by atoms with E-state index in [0.717, 1.165) is 12.8 Å². The Morgan fingerprint density at radius 1 is 1.45 bits per heavy atom. The van der Waals surface area contributed by atoms with Crippen LogP contribution in [0.15, 0.2) is 24.3 Å². The second kappa shape index (κ2) is 7.63. The lowest BCUT2D eigenvalue weighted by atomic mass is 9.99. The molecule has 0 aliphatic carbocycles. The lowest BCUT2D eigenvalue weighted by Gasteiger charge is -2.32. The van der Waals surface area contributed by atoms with Crippen molar-refractivity contribution in [1.82, 2.24) is 10.2 Å². The first-order valence-corrected chi connectivity index (χ1v) is 7.24. The summed E-state index contributed by atoms with van der Waals surface area (Å²) in [7, 11) is 0. The van der Waals surface area contributed by atoms with Crippen molar-refractivity contribution in [3.63, 3.8) is 0 Å². The summed E-state index contributed by atoms with van der Waals surface area (Å²) in [5, 5.41) is 2.30. The van der Waals surface area contributed by atoms with Crippen LogP contribution >= 0.6 is 0 Å². The topological polar surface area (TPSA) is 84.7 Å². The zero-order valence-corrected chi connectivity index (χ0v) is 12.3. The van der Waals surface area contributed by atoms with Crippen molar-refractivity contribution in [3.05, 3.63) is 30.1 Å². The molecule has 0 bridgehead atoms. The van der Waals surface area contributed by atoms with Gasteiger partial charge in [-0.1, -0.05) is 6.07 Å². The van der Waals surface area contributed by atoms with Crippen LogP contribution in [0.1, 0.15) is 12.8 Å². The predicted octanol–water partition coefficient (Wildman–Crippen LogP) is 1.11. The first-order chi connectivity index (χ1) is 10.5. The van der Waals surface area contributed by atoms with Gasteiger partial charge in [0.2, 0.25) is 5.91 Å². The van der Waals surface area contributed by atoms with Gasteiger partial charge >= 0.3 is 6.03 Å². The molecule has 1 atom stereocenters. The molecule has 1 heterocycles. The van der Waals surface area contributed by atoms with Crippen molar-refractivity contribution in [2.75, 3.05) is 26.2 Å².